The Kier molecular flexibility index (Phi) is 4.86. The van der Waals surface area contributed by atoms with E-state index < -0.39 is 5.82 Å². The Morgan fingerprint density at radius 1 is 1.30 bits per heavy atom. The van der Waals surface area contributed by atoms with E-state index in [0.717, 1.165) is 0 Å². The van der Waals surface area contributed by atoms with Crippen LogP contribution in [0.15, 0.2) is 28.7 Å². The summed E-state index contributed by atoms with van der Waals surface area (Å²) in [6.45, 7) is 2.62. The molecule has 5 nitrogen and oxygen atoms in total. The molecule has 0 aliphatic carbocycles. The Labute approximate surface area is 124 Å². The van der Waals surface area contributed by atoms with Crippen LogP contribution in [0.25, 0.3) is 0 Å². The Balaban J connectivity index is 2.24. The molecule has 0 spiro atoms. The Hall–Kier alpha value is -1.73. The minimum absolute atomic E-state index is 0.0554. The largest absolute Gasteiger partial charge is 0.436 e. The van der Waals surface area contributed by atoms with Crippen LogP contribution in [0.4, 0.5) is 10.2 Å². The van der Waals surface area contributed by atoms with Gasteiger partial charge < -0.3 is 15.2 Å². The molecule has 20 heavy (non-hydrogen) atoms. The maximum atomic E-state index is 13.6. The number of benzene rings is 1. The highest BCUT2D eigenvalue weighted by Gasteiger charge is 2.09. The maximum absolute atomic E-state index is 13.6. The van der Waals surface area contributed by atoms with Crippen LogP contribution in [0.1, 0.15) is 12.7 Å². The third-order valence-electron chi connectivity index (χ3n) is 2.31. The van der Waals surface area contributed by atoms with Crippen molar-refractivity contribution in [3.05, 3.63) is 40.4 Å². The van der Waals surface area contributed by atoms with Gasteiger partial charge in [-0.2, -0.15) is 4.98 Å². The van der Waals surface area contributed by atoms with Gasteiger partial charge in [-0.05, 0) is 25.1 Å². The molecule has 1 aromatic heterocycles. The van der Waals surface area contributed by atoms with E-state index in [1.807, 2.05) is 6.92 Å². The summed E-state index contributed by atoms with van der Waals surface area (Å²) in [5, 5.41) is 0. The van der Waals surface area contributed by atoms with Crippen molar-refractivity contribution in [1.82, 2.24) is 9.97 Å². The Bertz CT molecular complexity index is 610. The minimum atomic E-state index is -0.489. The summed E-state index contributed by atoms with van der Waals surface area (Å²) < 4.78 is 24.9. The molecule has 0 aliphatic heterocycles. The number of ether oxygens (including phenoxy) is 2. The molecule has 0 unspecified atom stereocenters. The number of halogens is 2. The summed E-state index contributed by atoms with van der Waals surface area (Å²) in [7, 11) is 0. The maximum Gasteiger partial charge on any atom is 0.224 e. The molecule has 0 fully saturated rings. The van der Waals surface area contributed by atoms with E-state index in [1.165, 1.54) is 18.2 Å². The first-order valence-electron chi connectivity index (χ1n) is 5.92. The van der Waals surface area contributed by atoms with Crippen molar-refractivity contribution in [1.29, 1.82) is 0 Å². The van der Waals surface area contributed by atoms with E-state index in [2.05, 4.69) is 25.9 Å². The van der Waals surface area contributed by atoms with E-state index in [9.17, 15) is 4.39 Å². The molecular formula is C13H13BrFN3O2. The minimum Gasteiger partial charge on any atom is -0.436 e. The zero-order chi connectivity index (χ0) is 14.5. The number of anilines is 1. The molecular weight excluding hydrogens is 329 g/mol. The monoisotopic (exact) mass is 341 g/mol. The molecule has 106 valence electrons. The quantitative estimate of drug-likeness (QED) is 0.903. The Morgan fingerprint density at radius 2 is 2.10 bits per heavy atom. The van der Waals surface area contributed by atoms with E-state index in [0.29, 0.717) is 16.9 Å². The number of rotatable bonds is 5. The molecule has 1 heterocycles. The van der Waals surface area contributed by atoms with Crippen molar-refractivity contribution >= 4 is 21.7 Å². The number of aromatic nitrogens is 2. The van der Waals surface area contributed by atoms with Gasteiger partial charge in [0, 0.05) is 17.1 Å². The summed E-state index contributed by atoms with van der Waals surface area (Å²) in [6.07, 6.45) is 0. The van der Waals surface area contributed by atoms with Crippen molar-refractivity contribution in [2.24, 2.45) is 0 Å². The lowest BCUT2D eigenvalue weighted by Gasteiger charge is -2.08. The number of nitrogens with zero attached hydrogens (tertiary/aromatic N) is 2. The van der Waals surface area contributed by atoms with E-state index in [1.54, 1.807) is 6.07 Å². The van der Waals surface area contributed by atoms with Crippen molar-refractivity contribution in [2.45, 2.75) is 13.5 Å². The third kappa shape index (κ3) is 3.88. The van der Waals surface area contributed by atoms with Gasteiger partial charge in [0.2, 0.25) is 5.88 Å². The SMILES string of the molecule is CCOCc1nc(N)cc(Oc2cc(Br)ccc2F)n1. The van der Waals surface area contributed by atoms with Gasteiger partial charge >= 0.3 is 0 Å². The highest BCUT2D eigenvalue weighted by atomic mass is 79.9. The van der Waals surface area contributed by atoms with Crippen molar-refractivity contribution < 1.29 is 13.9 Å². The second-order valence-corrected chi connectivity index (χ2v) is 4.78. The fourth-order valence-corrected chi connectivity index (χ4v) is 1.81. The van der Waals surface area contributed by atoms with Crippen molar-refractivity contribution in [2.75, 3.05) is 12.3 Å². The molecule has 2 rings (SSSR count). The summed E-state index contributed by atoms with van der Waals surface area (Å²) in [6, 6.07) is 5.81. The fourth-order valence-electron chi connectivity index (χ4n) is 1.47. The number of nitrogen functional groups attached to an aromatic ring is 1. The number of hydrogen-bond acceptors (Lipinski definition) is 5. The number of nitrogens with two attached hydrogens (primary N) is 1. The predicted molar refractivity (Wildman–Crippen MR) is 75.9 cm³/mol. The zero-order valence-corrected chi connectivity index (χ0v) is 12.4. The first kappa shape index (κ1) is 14.7. The number of hydrogen-bond donors (Lipinski definition) is 1. The van der Waals surface area contributed by atoms with Gasteiger partial charge in [-0.3, -0.25) is 0 Å². The van der Waals surface area contributed by atoms with Gasteiger partial charge in [0.1, 0.15) is 12.4 Å². The van der Waals surface area contributed by atoms with Gasteiger partial charge in [0.15, 0.2) is 17.4 Å². The van der Waals surface area contributed by atoms with Crippen LogP contribution in [0.2, 0.25) is 0 Å². The van der Waals surface area contributed by atoms with Gasteiger partial charge in [-0.1, -0.05) is 15.9 Å². The smallest absolute Gasteiger partial charge is 0.224 e. The average molecular weight is 342 g/mol. The first-order valence-corrected chi connectivity index (χ1v) is 6.72. The fraction of sp³-hybridized carbons (Fsp3) is 0.231. The average Bonchev–Trinajstić information content (AvgIpc) is 2.40. The van der Waals surface area contributed by atoms with E-state index in [4.69, 9.17) is 15.2 Å². The van der Waals surface area contributed by atoms with Crippen LogP contribution >= 0.6 is 15.9 Å². The Morgan fingerprint density at radius 3 is 2.85 bits per heavy atom. The van der Waals surface area contributed by atoms with Crippen LogP contribution in [-0.4, -0.2) is 16.6 Å². The van der Waals surface area contributed by atoms with Gasteiger partial charge in [-0.25, -0.2) is 9.37 Å². The van der Waals surface area contributed by atoms with E-state index >= 15 is 0 Å². The highest BCUT2D eigenvalue weighted by Crippen LogP contribution is 2.27. The molecule has 0 radical (unpaired) electrons. The summed E-state index contributed by atoms with van der Waals surface area (Å²) >= 11 is 3.25. The molecule has 0 amide bonds. The third-order valence-corrected chi connectivity index (χ3v) is 2.81. The molecule has 0 aliphatic rings. The van der Waals surface area contributed by atoms with Gasteiger partial charge in [-0.15, -0.1) is 0 Å². The highest BCUT2D eigenvalue weighted by molar-refractivity contribution is 9.10. The lowest BCUT2D eigenvalue weighted by molar-refractivity contribution is 0.128. The summed E-state index contributed by atoms with van der Waals surface area (Å²) in [5.74, 6) is 0.359. The second-order valence-electron chi connectivity index (χ2n) is 3.86. The summed E-state index contributed by atoms with van der Waals surface area (Å²) in [4.78, 5) is 8.13. The van der Waals surface area contributed by atoms with Crippen LogP contribution < -0.4 is 10.5 Å². The molecule has 7 heteroatoms. The lowest BCUT2D eigenvalue weighted by Crippen LogP contribution is -2.04. The molecule has 0 bridgehead atoms. The lowest BCUT2D eigenvalue weighted by atomic mass is 10.3. The molecule has 0 saturated heterocycles. The topological polar surface area (TPSA) is 70.3 Å². The van der Waals surface area contributed by atoms with Gasteiger partial charge in [0.25, 0.3) is 0 Å². The van der Waals surface area contributed by atoms with Crippen LogP contribution in [-0.2, 0) is 11.3 Å². The second kappa shape index (κ2) is 6.62. The zero-order valence-electron chi connectivity index (χ0n) is 10.8. The standard InChI is InChI=1S/C13H13BrFN3O2/c1-2-19-7-12-17-11(16)6-13(18-12)20-10-5-8(14)3-4-9(10)15/h3-6H,2,7H2,1H3,(H2,16,17,18). The molecule has 0 saturated carbocycles. The van der Waals surface area contributed by atoms with E-state index in [-0.39, 0.29) is 24.1 Å². The van der Waals surface area contributed by atoms with Crippen LogP contribution in [0, 0.1) is 5.82 Å². The summed E-state index contributed by atoms with van der Waals surface area (Å²) in [5.41, 5.74) is 5.66. The molecule has 0 atom stereocenters. The normalized spacial score (nSPS) is 10.6. The molecule has 2 aromatic rings. The first-order chi connectivity index (χ1) is 9.58. The van der Waals surface area contributed by atoms with Crippen LogP contribution in [0.5, 0.6) is 11.6 Å². The van der Waals surface area contributed by atoms with Gasteiger partial charge in [0.05, 0.1) is 0 Å². The van der Waals surface area contributed by atoms with Crippen LogP contribution in [0.3, 0.4) is 0 Å². The van der Waals surface area contributed by atoms with Crippen molar-refractivity contribution in [3.63, 3.8) is 0 Å². The predicted octanol–water partition coefficient (Wildman–Crippen LogP) is 3.29. The van der Waals surface area contributed by atoms with Crippen molar-refractivity contribution in [3.8, 4) is 11.6 Å². The molecule has 1 aromatic carbocycles. The molecule has 2 N–H and O–H groups in total.